The van der Waals surface area contributed by atoms with E-state index in [2.05, 4.69) is 5.32 Å². The van der Waals surface area contributed by atoms with E-state index in [0.717, 1.165) is 31.6 Å². The number of nitrogens with one attached hydrogen (secondary N) is 1. The summed E-state index contributed by atoms with van der Waals surface area (Å²) in [6.07, 6.45) is 10.5. The molecule has 0 aromatic rings. The van der Waals surface area contributed by atoms with Crippen molar-refractivity contribution in [3.8, 4) is 0 Å². The molecular weight excluding hydrogens is 214 g/mol. The van der Waals surface area contributed by atoms with E-state index in [1.807, 2.05) is 0 Å². The van der Waals surface area contributed by atoms with Gasteiger partial charge >= 0.3 is 5.97 Å². The van der Waals surface area contributed by atoms with Crippen molar-refractivity contribution >= 4 is 5.97 Å². The molecular formula is C14H23NO2. The SMILES string of the molecule is O=C(O)C12CCCCC1CC1CCCCC1N2. The van der Waals surface area contributed by atoms with Crippen LogP contribution in [0.2, 0.25) is 0 Å². The molecule has 4 atom stereocenters. The van der Waals surface area contributed by atoms with Gasteiger partial charge in [0.1, 0.15) is 5.54 Å². The normalized spacial score (nSPS) is 45.8. The second-order valence-electron chi connectivity index (χ2n) is 6.25. The molecule has 3 heteroatoms. The molecule has 2 saturated carbocycles. The van der Waals surface area contributed by atoms with Crippen LogP contribution in [0.4, 0.5) is 0 Å². The number of carboxylic acid groups (broad SMARTS) is 1. The predicted molar refractivity (Wildman–Crippen MR) is 65.8 cm³/mol. The summed E-state index contributed by atoms with van der Waals surface area (Å²) in [5.41, 5.74) is -0.573. The number of rotatable bonds is 1. The Hall–Kier alpha value is -0.570. The summed E-state index contributed by atoms with van der Waals surface area (Å²) in [6.45, 7) is 0. The minimum atomic E-state index is -0.591. The lowest BCUT2D eigenvalue weighted by atomic mass is 9.62. The van der Waals surface area contributed by atoms with Crippen molar-refractivity contribution < 1.29 is 9.90 Å². The summed E-state index contributed by atoms with van der Waals surface area (Å²) in [5.74, 6) is 0.540. The van der Waals surface area contributed by atoms with E-state index in [-0.39, 0.29) is 0 Å². The van der Waals surface area contributed by atoms with E-state index in [4.69, 9.17) is 0 Å². The van der Waals surface area contributed by atoms with Gasteiger partial charge in [0.05, 0.1) is 0 Å². The fourth-order valence-corrected chi connectivity index (χ4v) is 4.47. The summed E-state index contributed by atoms with van der Waals surface area (Å²) in [5, 5.41) is 13.2. The molecule has 96 valence electrons. The molecule has 3 nitrogen and oxygen atoms in total. The molecule has 0 bridgehead atoms. The van der Waals surface area contributed by atoms with Crippen LogP contribution in [0, 0.1) is 11.8 Å². The van der Waals surface area contributed by atoms with E-state index in [1.165, 1.54) is 32.1 Å². The highest BCUT2D eigenvalue weighted by atomic mass is 16.4. The molecule has 0 aromatic carbocycles. The average Bonchev–Trinajstić information content (AvgIpc) is 2.36. The monoisotopic (exact) mass is 237 g/mol. The van der Waals surface area contributed by atoms with Gasteiger partial charge in [-0.1, -0.05) is 25.7 Å². The Morgan fingerprint density at radius 3 is 2.71 bits per heavy atom. The Bertz CT molecular complexity index is 317. The zero-order valence-corrected chi connectivity index (χ0v) is 10.5. The molecule has 0 spiro atoms. The number of piperidine rings is 1. The summed E-state index contributed by atoms with van der Waals surface area (Å²) < 4.78 is 0. The molecule has 2 N–H and O–H groups in total. The van der Waals surface area contributed by atoms with Crippen LogP contribution in [0.3, 0.4) is 0 Å². The maximum absolute atomic E-state index is 11.7. The zero-order valence-electron chi connectivity index (χ0n) is 10.5. The van der Waals surface area contributed by atoms with Gasteiger partial charge in [0.15, 0.2) is 0 Å². The van der Waals surface area contributed by atoms with Gasteiger partial charge in [-0.25, -0.2) is 0 Å². The topological polar surface area (TPSA) is 49.3 Å². The predicted octanol–water partition coefficient (Wildman–Crippen LogP) is 2.55. The standard InChI is InChI=1S/C14H23NO2/c16-13(17)14-8-4-3-6-11(14)9-10-5-1-2-7-12(10)15-14/h10-12,15H,1-9H2,(H,16,17). The number of hydrogen-bond acceptors (Lipinski definition) is 2. The first-order valence-corrected chi connectivity index (χ1v) is 7.23. The van der Waals surface area contributed by atoms with Crippen LogP contribution in [-0.2, 0) is 4.79 Å². The molecule has 1 aliphatic heterocycles. The molecule has 1 saturated heterocycles. The average molecular weight is 237 g/mol. The number of hydrogen-bond donors (Lipinski definition) is 2. The van der Waals surface area contributed by atoms with Gasteiger partial charge < -0.3 is 5.11 Å². The van der Waals surface area contributed by atoms with E-state index >= 15 is 0 Å². The van der Waals surface area contributed by atoms with Crippen molar-refractivity contribution in [1.29, 1.82) is 0 Å². The van der Waals surface area contributed by atoms with Crippen molar-refractivity contribution in [2.75, 3.05) is 0 Å². The Morgan fingerprint density at radius 1 is 1.12 bits per heavy atom. The zero-order chi connectivity index (χ0) is 11.9. The van der Waals surface area contributed by atoms with Crippen LogP contribution in [-0.4, -0.2) is 22.7 Å². The van der Waals surface area contributed by atoms with Crippen LogP contribution < -0.4 is 5.32 Å². The lowest BCUT2D eigenvalue weighted by Gasteiger charge is -2.52. The largest absolute Gasteiger partial charge is 0.480 e. The Balaban J connectivity index is 1.85. The maximum Gasteiger partial charge on any atom is 0.324 e. The van der Waals surface area contributed by atoms with Gasteiger partial charge in [0, 0.05) is 6.04 Å². The fourth-order valence-electron chi connectivity index (χ4n) is 4.47. The Morgan fingerprint density at radius 2 is 1.88 bits per heavy atom. The van der Waals surface area contributed by atoms with E-state index < -0.39 is 11.5 Å². The first-order valence-electron chi connectivity index (χ1n) is 7.23. The van der Waals surface area contributed by atoms with Crippen molar-refractivity contribution in [3.05, 3.63) is 0 Å². The van der Waals surface area contributed by atoms with Gasteiger partial charge in [-0.05, 0) is 43.9 Å². The molecule has 3 fully saturated rings. The molecule has 4 unspecified atom stereocenters. The van der Waals surface area contributed by atoms with Crippen molar-refractivity contribution in [3.63, 3.8) is 0 Å². The first-order chi connectivity index (χ1) is 8.22. The second-order valence-corrected chi connectivity index (χ2v) is 6.25. The number of carboxylic acids is 1. The summed E-state index contributed by atoms with van der Waals surface area (Å²) in [4.78, 5) is 11.7. The van der Waals surface area contributed by atoms with E-state index in [9.17, 15) is 9.90 Å². The van der Waals surface area contributed by atoms with Crippen LogP contribution >= 0.6 is 0 Å². The summed E-state index contributed by atoms with van der Waals surface area (Å²) >= 11 is 0. The fraction of sp³-hybridized carbons (Fsp3) is 0.929. The summed E-state index contributed by atoms with van der Waals surface area (Å²) in [7, 11) is 0. The molecule has 0 radical (unpaired) electrons. The van der Waals surface area contributed by atoms with Gasteiger partial charge in [0.2, 0.25) is 0 Å². The number of aliphatic carboxylic acids is 1. The first kappa shape index (κ1) is 11.5. The molecule has 1 heterocycles. The van der Waals surface area contributed by atoms with Crippen LogP contribution in [0.1, 0.15) is 57.8 Å². The summed E-state index contributed by atoms with van der Waals surface area (Å²) in [6, 6.07) is 0.481. The van der Waals surface area contributed by atoms with Crippen LogP contribution in [0.5, 0.6) is 0 Å². The van der Waals surface area contributed by atoms with Crippen LogP contribution in [0.25, 0.3) is 0 Å². The highest BCUT2D eigenvalue weighted by molar-refractivity contribution is 5.79. The third kappa shape index (κ3) is 1.79. The second kappa shape index (κ2) is 4.27. The lowest BCUT2D eigenvalue weighted by Crippen LogP contribution is -2.67. The van der Waals surface area contributed by atoms with Gasteiger partial charge in [0.25, 0.3) is 0 Å². The number of fused-ring (bicyclic) bond motifs is 2. The van der Waals surface area contributed by atoms with Crippen molar-refractivity contribution in [1.82, 2.24) is 5.32 Å². The molecule has 3 aliphatic rings. The smallest absolute Gasteiger partial charge is 0.324 e. The highest BCUT2D eigenvalue weighted by Crippen LogP contribution is 2.45. The van der Waals surface area contributed by atoms with E-state index in [0.29, 0.717) is 12.0 Å². The van der Waals surface area contributed by atoms with Crippen LogP contribution in [0.15, 0.2) is 0 Å². The maximum atomic E-state index is 11.7. The Labute approximate surface area is 103 Å². The van der Waals surface area contributed by atoms with Crippen molar-refractivity contribution in [2.24, 2.45) is 11.8 Å². The lowest BCUT2D eigenvalue weighted by molar-refractivity contribution is -0.153. The minimum absolute atomic E-state index is 0.382. The van der Waals surface area contributed by atoms with Gasteiger partial charge in [-0.3, -0.25) is 10.1 Å². The minimum Gasteiger partial charge on any atom is -0.480 e. The van der Waals surface area contributed by atoms with E-state index in [1.54, 1.807) is 0 Å². The number of carbonyl (C=O) groups is 1. The third-order valence-electron chi connectivity index (χ3n) is 5.39. The molecule has 2 aliphatic carbocycles. The molecule has 0 aromatic heterocycles. The quantitative estimate of drug-likeness (QED) is 0.737. The molecule has 0 amide bonds. The highest BCUT2D eigenvalue weighted by Gasteiger charge is 2.53. The van der Waals surface area contributed by atoms with Gasteiger partial charge in [-0.2, -0.15) is 0 Å². The molecule has 3 rings (SSSR count). The van der Waals surface area contributed by atoms with Crippen molar-refractivity contribution in [2.45, 2.75) is 69.4 Å². The van der Waals surface area contributed by atoms with Gasteiger partial charge in [-0.15, -0.1) is 0 Å². The molecule has 17 heavy (non-hydrogen) atoms. The Kier molecular flexibility index (Phi) is 2.89. The third-order valence-corrected chi connectivity index (χ3v) is 5.39.